The normalized spacial score (nSPS) is 15.2. The number of Topliss-reactive ketones (excluding diaryl/α,β-unsaturated/α-hetero) is 1. The van der Waals surface area contributed by atoms with Crippen LogP contribution >= 0.6 is 0 Å². The van der Waals surface area contributed by atoms with E-state index in [4.69, 9.17) is 0 Å². The van der Waals surface area contributed by atoms with Crippen molar-refractivity contribution in [2.24, 2.45) is 0 Å². The van der Waals surface area contributed by atoms with E-state index in [1.807, 2.05) is 12.1 Å². The van der Waals surface area contributed by atoms with Crippen molar-refractivity contribution in [1.82, 2.24) is 14.9 Å². The first-order chi connectivity index (χ1) is 12.4. The van der Waals surface area contributed by atoms with Crippen molar-refractivity contribution < 1.29 is 9.59 Å². The molecule has 7 heteroatoms. The number of amides is 1. The molecule has 1 aliphatic heterocycles. The fraction of sp³-hybridized carbons (Fsp3) is 0.421. The second-order valence-corrected chi connectivity index (χ2v) is 6.83. The maximum absolute atomic E-state index is 12.5. The van der Waals surface area contributed by atoms with E-state index >= 15 is 0 Å². The van der Waals surface area contributed by atoms with Crippen LogP contribution in [0, 0.1) is 13.8 Å². The van der Waals surface area contributed by atoms with E-state index in [1.165, 1.54) is 6.92 Å². The summed E-state index contributed by atoms with van der Waals surface area (Å²) >= 11 is 0. The first-order valence-corrected chi connectivity index (χ1v) is 8.78. The average molecular weight is 355 g/mol. The van der Waals surface area contributed by atoms with Gasteiger partial charge >= 0.3 is 0 Å². The molecule has 3 rings (SSSR count). The third-order valence-electron chi connectivity index (χ3n) is 4.85. The summed E-state index contributed by atoms with van der Waals surface area (Å²) in [6, 6.07) is 3.78. The highest BCUT2D eigenvalue weighted by Gasteiger charge is 2.20. The largest absolute Gasteiger partial charge is 0.354 e. The van der Waals surface area contributed by atoms with E-state index in [1.54, 1.807) is 20.0 Å². The van der Waals surface area contributed by atoms with E-state index in [0.29, 0.717) is 28.2 Å². The molecule has 2 N–H and O–H groups in total. The number of ketones is 1. The smallest absolute Gasteiger partial charge is 0.272 e. The third-order valence-corrected chi connectivity index (χ3v) is 4.85. The lowest BCUT2D eigenvalue weighted by Crippen LogP contribution is -2.44. The second kappa shape index (κ2) is 7.29. The zero-order valence-corrected chi connectivity index (χ0v) is 15.7. The van der Waals surface area contributed by atoms with E-state index < -0.39 is 0 Å². The van der Waals surface area contributed by atoms with Gasteiger partial charge in [-0.1, -0.05) is 0 Å². The molecule has 26 heavy (non-hydrogen) atoms. The fourth-order valence-corrected chi connectivity index (χ4v) is 3.38. The number of nitrogens with zero attached hydrogens (tertiary/aromatic N) is 3. The van der Waals surface area contributed by atoms with E-state index in [-0.39, 0.29) is 11.7 Å². The average Bonchev–Trinajstić information content (AvgIpc) is 2.91. The van der Waals surface area contributed by atoms with Crippen LogP contribution in [0.5, 0.6) is 0 Å². The summed E-state index contributed by atoms with van der Waals surface area (Å²) in [4.78, 5) is 36.3. The van der Waals surface area contributed by atoms with Gasteiger partial charge in [-0.2, -0.15) is 0 Å². The quantitative estimate of drug-likeness (QED) is 0.822. The van der Waals surface area contributed by atoms with Gasteiger partial charge < -0.3 is 20.1 Å². The summed E-state index contributed by atoms with van der Waals surface area (Å²) < 4.78 is 0. The van der Waals surface area contributed by atoms with Gasteiger partial charge in [0.2, 0.25) is 0 Å². The molecule has 0 atom stereocenters. The lowest BCUT2D eigenvalue weighted by atomic mass is 10.1. The van der Waals surface area contributed by atoms with Crippen LogP contribution in [-0.4, -0.2) is 59.8 Å². The standard InChI is InChI=1S/C19H25N5O2/c1-12-17(14(3)25)13(2)21-18(12)19(26)22-15-5-6-16(20-11-15)24-9-7-23(4)8-10-24/h5-6,11,21H,7-10H2,1-4H3,(H,22,26). The van der Waals surface area contributed by atoms with Gasteiger partial charge in [-0.3, -0.25) is 9.59 Å². The molecule has 1 saturated heterocycles. The van der Waals surface area contributed by atoms with Gasteiger partial charge in [0.1, 0.15) is 11.5 Å². The molecular weight excluding hydrogens is 330 g/mol. The summed E-state index contributed by atoms with van der Waals surface area (Å²) in [5, 5.41) is 2.84. The molecule has 0 saturated carbocycles. The molecule has 1 aliphatic rings. The molecule has 7 nitrogen and oxygen atoms in total. The summed E-state index contributed by atoms with van der Waals surface area (Å²) in [5.74, 6) is 0.600. The number of aryl methyl sites for hydroxylation is 1. The van der Waals surface area contributed by atoms with E-state index in [0.717, 1.165) is 32.0 Å². The van der Waals surface area contributed by atoms with Gasteiger partial charge in [0, 0.05) is 37.4 Å². The lowest BCUT2D eigenvalue weighted by Gasteiger charge is -2.33. The van der Waals surface area contributed by atoms with Crippen molar-refractivity contribution in [3.05, 3.63) is 40.8 Å². The van der Waals surface area contributed by atoms with Gasteiger partial charge in [-0.15, -0.1) is 0 Å². The van der Waals surface area contributed by atoms with Crippen molar-refractivity contribution in [2.45, 2.75) is 20.8 Å². The Kier molecular flexibility index (Phi) is 5.08. The second-order valence-electron chi connectivity index (χ2n) is 6.83. The summed E-state index contributed by atoms with van der Waals surface area (Å²) in [7, 11) is 2.12. The topological polar surface area (TPSA) is 81.3 Å². The molecule has 0 aliphatic carbocycles. The molecule has 3 heterocycles. The number of anilines is 2. The molecule has 1 amide bonds. The van der Waals surface area contributed by atoms with Crippen LogP contribution < -0.4 is 10.2 Å². The Morgan fingerprint density at radius 3 is 2.38 bits per heavy atom. The number of carbonyl (C=O) groups excluding carboxylic acids is 2. The Labute approximate surface area is 153 Å². The number of H-pyrrole nitrogens is 1. The monoisotopic (exact) mass is 355 g/mol. The molecule has 0 spiro atoms. The number of rotatable bonds is 4. The SMILES string of the molecule is CC(=O)c1c(C)[nH]c(C(=O)Nc2ccc(N3CCN(C)CC3)nc2)c1C. The molecule has 0 aromatic carbocycles. The van der Waals surface area contributed by atoms with Crippen molar-refractivity contribution in [2.75, 3.05) is 43.4 Å². The Morgan fingerprint density at radius 2 is 1.85 bits per heavy atom. The highest BCUT2D eigenvalue weighted by atomic mass is 16.2. The molecule has 2 aromatic rings. The van der Waals surface area contributed by atoms with Crippen LogP contribution in [0.25, 0.3) is 0 Å². The van der Waals surface area contributed by atoms with E-state index in [9.17, 15) is 9.59 Å². The van der Waals surface area contributed by atoms with Crippen LogP contribution in [0.1, 0.15) is 39.0 Å². The molecule has 0 radical (unpaired) electrons. The molecule has 138 valence electrons. The molecule has 1 fully saturated rings. The van der Waals surface area contributed by atoms with Gasteiger partial charge in [-0.25, -0.2) is 4.98 Å². The summed E-state index contributed by atoms with van der Waals surface area (Å²) in [6.07, 6.45) is 1.67. The Bertz CT molecular complexity index is 817. The van der Waals surface area contributed by atoms with Crippen LogP contribution in [0.15, 0.2) is 18.3 Å². The zero-order chi connectivity index (χ0) is 18.8. The van der Waals surface area contributed by atoms with Crippen LogP contribution in [-0.2, 0) is 0 Å². The number of piperazine rings is 1. The van der Waals surface area contributed by atoms with Gasteiger partial charge in [0.15, 0.2) is 5.78 Å². The highest BCUT2D eigenvalue weighted by Crippen LogP contribution is 2.20. The van der Waals surface area contributed by atoms with Crippen LogP contribution in [0.2, 0.25) is 0 Å². The first-order valence-electron chi connectivity index (χ1n) is 8.78. The number of hydrogen-bond donors (Lipinski definition) is 2. The van der Waals surface area contributed by atoms with Gasteiger partial charge in [-0.05, 0) is 45.5 Å². The van der Waals surface area contributed by atoms with E-state index in [2.05, 4.69) is 32.1 Å². The van der Waals surface area contributed by atoms with Crippen molar-refractivity contribution >= 4 is 23.2 Å². The maximum atomic E-state index is 12.5. The number of hydrogen-bond acceptors (Lipinski definition) is 5. The number of pyridine rings is 1. The van der Waals surface area contributed by atoms with Crippen LogP contribution in [0.4, 0.5) is 11.5 Å². The number of aromatic amines is 1. The van der Waals surface area contributed by atoms with Crippen molar-refractivity contribution in [1.29, 1.82) is 0 Å². The van der Waals surface area contributed by atoms with Crippen molar-refractivity contribution in [3.8, 4) is 0 Å². The lowest BCUT2D eigenvalue weighted by molar-refractivity contribution is 0.101. The predicted molar refractivity (Wildman–Crippen MR) is 102 cm³/mol. The highest BCUT2D eigenvalue weighted by molar-refractivity contribution is 6.07. The third kappa shape index (κ3) is 3.62. The summed E-state index contributed by atoms with van der Waals surface area (Å²) in [5.41, 5.74) is 3.01. The number of nitrogens with one attached hydrogen (secondary N) is 2. The Balaban J connectivity index is 1.70. The van der Waals surface area contributed by atoms with Crippen molar-refractivity contribution in [3.63, 3.8) is 0 Å². The van der Waals surface area contributed by atoms with Crippen LogP contribution in [0.3, 0.4) is 0 Å². The Morgan fingerprint density at radius 1 is 1.15 bits per heavy atom. The zero-order valence-electron chi connectivity index (χ0n) is 15.7. The minimum Gasteiger partial charge on any atom is -0.354 e. The molecule has 0 bridgehead atoms. The molecular formula is C19H25N5O2. The van der Waals surface area contributed by atoms with Gasteiger partial charge in [0.05, 0.1) is 11.9 Å². The Hall–Kier alpha value is -2.67. The first kappa shape index (κ1) is 18.1. The summed E-state index contributed by atoms with van der Waals surface area (Å²) in [6.45, 7) is 9.02. The minimum absolute atomic E-state index is 0.0477. The molecule has 2 aromatic heterocycles. The molecule has 0 unspecified atom stereocenters. The predicted octanol–water partition coefficient (Wildman–Crippen LogP) is 2.23. The fourth-order valence-electron chi connectivity index (χ4n) is 3.38. The number of aromatic nitrogens is 2. The maximum Gasteiger partial charge on any atom is 0.272 e. The van der Waals surface area contributed by atoms with Gasteiger partial charge in [0.25, 0.3) is 5.91 Å². The number of carbonyl (C=O) groups is 2. The number of likely N-dealkylation sites (N-methyl/N-ethyl adjacent to an activating group) is 1. The minimum atomic E-state index is -0.271.